The number of benzene rings is 3. The van der Waals surface area contributed by atoms with Gasteiger partial charge in [-0.05, 0) is 73.4 Å². The van der Waals surface area contributed by atoms with E-state index in [9.17, 15) is 14.9 Å². The molecule has 0 saturated heterocycles. The second kappa shape index (κ2) is 14.4. The predicted octanol–water partition coefficient (Wildman–Crippen LogP) is 7.30. The van der Waals surface area contributed by atoms with Gasteiger partial charge in [0.15, 0.2) is 0 Å². The average Bonchev–Trinajstić information content (AvgIpc) is 2.92. The van der Waals surface area contributed by atoms with E-state index in [1.807, 2.05) is 6.07 Å². The van der Waals surface area contributed by atoms with Crippen molar-refractivity contribution in [3.8, 4) is 23.3 Å². The molecule has 3 aromatic rings. The number of unbranched alkanes of at least 4 members (excludes halogenated alkanes) is 4. The molecular formula is C31H33NO5. The molecule has 0 unspecified atom stereocenters. The molecule has 6 nitrogen and oxygen atoms in total. The fourth-order valence-electron chi connectivity index (χ4n) is 3.73. The van der Waals surface area contributed by atoms with Gasteiger partial charge in [-0.2, -0.15) is 5.26 Å². The molecule has 0 aliphatic rings. The van der Waals surface area contributed by atoms with Crippen LogP contribution in [0.2, 0.25) is 0 Å². The molecule has 0 bridgehead atoms. The molecule has 0 amide bonds. The number of nitrogens with zero attached hydrogens (tertiary/aromatic N) is 1. The highest BCUT2D eigenvalue weighted by Crippen LogP contribution is 2.25. The van der Waals surface area contributed by atoms with Gasteiger partial charge in [0.05, 0.1) is 17.7 Å². The molecule has 0 aliphatic carbocycles. The maximum atomic E-state index is 12.9. The summed E-state index contributed by atoms with van der Waals surface area (Å²) in [5.74, 6) is -0.391. The normalized spacial score (nSPS) is 10.4. The topological polar surface area (TPSA) is 85.6 Å². The van der Waals surface area contributed by atoms with E-state index >= 15 is 0 Å². The monoisotopic (exact) mass is 499 g/mol. The third kappa shape index (κ3) is 8.22. The second-order valence-electron chi connectivity index (χ2n) is 8.75. The van der Waals surface area contributed by atoms with Gasteiger partial charge in [0.2, 0.25) is 0 Å². The van der Waals surface area contributed by atoms with Crippen LogP contribution in [-0.2, 0) is 6.42 Å². The van der Waals surface area contributed by atoms with Gasteiger partial charge in [-0.1, -0.05) is 57.7 Å². The van der Waals surface area contributed by atoms with Gasteiger partial charge >= 0.3 is 11.9 Å². The van der Waals surface area contributed by atoms with Crippen molar-refractivity contribution in [2.24, 2.45) is 0 Å². The molecule has 6 heteroatoms. The zero-order valence-electron chi connectivity index (χ0n) is 21.5. The van der Waals surface area contributed by atoms with Crippen LogP contribution in [0.3, 0.4) is 0 Å². The lowest BCUT2D eigenvalue weighted by molar-refractivity contribution is 0.0706. The number of nitriles is 1. The molecule has 192 valence electrons. The highest BCUT2D eigenvalue weighted by molar-refractivity contribution is 5.97. The predicted molar refractivity (Wildman–Crippen MR) is 142 cm³/mol. The number of rotatable bonds is 13. The number of carbonyl (C=O) groups excluding carboxylic acids is 2. The van der Waals surface area contributed by atoms with E-state index in [1.54, 1.807) is 48.5 Å². The molecule has 0 aromatic heterocycles. The first-order valence-electron chi connectivity index (χ1n) is 12.8. The summed E-state index contributed by atoms with van der Waals surface area (Å²) in [6.45, 7) is 4.90. The summed E-state index contributed by atoms with van der Waals surface area (Å²) in [4.78, 5) is 25.7. The van der Waals surface area contributed by atoms with Gasteiger partial charge in [-0.3, -0.25) is 0 Å². The maximum Gasteiger partial charge on any atom is 0.347 e. The van der Waals surface area contributed by atoms with Crippen LogP contribution in [-0.4, -0.2) is 18.5 Å². The van der Waals surface area contributed by atoms with E-state index < -0.39 is 11.9 Å². The molecule has 0 fully saturated rings. The Morgan fingerprint density at radius 1 is 0.784 bits per heavy atom. The maximum absolute atomic E-state index is 12.9. The SMILES string of the molecule is CCCCCCOc1ccc(C(=O)Oc2ccccc2C(=O)Oc2ccc(CCCC)cc2C#N)cc1. The van der Waals surface area contributed by atoms with E-state index in [-0.39, 0.29) is 22.6 Å². The Balaban J connectivity index is 1.66. The average molecular weight is 500 g/mol. The zero-order valence-corrected chi connectivity index (χ0v) is 21.5. The largest absolute Gasteiger partial charge is 0.494 e. The number of carbonyl (C=O) groups is 2. The second-order valence-corrected chi connectivity index (χ2v) is 8.75. The Bertz CT molecular complexity index is 1230. The Kier molecular flexibility index (Phi) is 10.7. The number of aryl methyl sites for hydroxylation is 1. The summed E-state index contributed by atoms with van der Waals surface area (Å²) in [7, 11) is 0. The molecule has 3 aromatic carbocycles. The Morgan fingerprint density at radius 2 is 1.51 bits per heavy atom. The zero-order chi connectivity index (χ0) is 26.5. The number of ether oxygens (including phenoxy) is 3. The van der Waals surface area contributed by atoms with Crippen LogP contribution in [0.5, 0.6) is 17.2 Å². The molecule has 0 radical (unpaired) electrons. The van der Waals surface area contributed by atoms with Crippen LogP contribution < -0.4 is 14.2 Å². The number of hydrogen-bond donors (Lipinski definition) is 0. The lowest BCUT2D eigenvalue weighted by Crippen LogP contribution is -2.15. The molecule has 0 heterocycles. The third-order valence-corrected chi connectivity index (χ3v) is 5.85. The quantitative estimate of drug-likeness (QED) is 0.139. The van der Waals surface area contributed by atoms with Gasteiger partial charge in [0, 0.05) is 0 Å². The van der Waals surface area contributed by atoms with Crippen LogP contribution in [0.25, 0.3) is 0 Å². The van der Waals surface area contributed by atoms with Crippen LogP contribution in [0.15, 0.2) is 66.7 Å². The molecule has 3 rings (SSSR count). The molecule has 0 spiro atoms. The van der Waals surface area contributed by atoms with Crippen molar-refractivity contribution in [3.05, 3.63) is 89.0 Å². The number of hydrogen-bond acceptors (Lipinski definition) is 6. The molecule has 0 saturated carbocycles. The molecular weight excluding hydrogens is 466 g/mol. The highest BCUT2D eigenvalue weighted by Gasteiger charge is 2.19. The van der Waals surface area contributed by atoms with Crippen molar-refractivity contribution in [2.75, 3.05) is 6.61 Å². The first kappa shape index (κ1) is 27.5. The minimum Gasteiger partial charge on any atom is -0.494 e. The van der Waals surface area contributed by atoms with Crippen molar-refractivity contribution in [1.82, 2.24) is 0 Å². The minimum atomic E-state index is -0.715. The molecule has 0 aliphatic heterocycles. The van der Waals surface area contributed by atoms with Gasteiger partial charge in [-0.25, -0.2) is 9.59 Å². The lowest BCUT2D eigenvalue weighted by Gasteiger charge is -2.12. The van der Waals surface area contributed by atoms with Gasteiger partial charge in [-0.15, -0.1) is 0 Å². The van der Waals surface area contributed by atoms with Crippen LogP contribution >= 0.6 is 0 Å². The van der Waals surface area contributed by atoms with Crippen molar-refractivity contribution in [1.29, 1.82) is 5.26 Å². The fraction of sp³-hybridized carbons (Fsp3) is 0.323. The number of esters is 2. The Hall–Kier alpha value is -4.11. The summed E-state index contributed by atoms with van der Waals surface area (Å²) < 4.78 is 16.8. The van der Waals surface area contributed by atoms with Crippen LogP contribution in [0, 0.1) is 11.3 Å². The van der Waals surface area contributed by atoms with Gasteiger partial charge in [0.25, 0.3) is 0 Å². The molecule has 0 N–H and O–H groups in total. The Morgan fingerprint density at radius 3 is 2.24 bits per heavy atom. The first-order valence-corrected chi connectivity index (χ1v) is 12.8. The van der Waals surface area contributed by atoms with Crippen LogP contribution in [0.1, 0.15) is 84.2 Å². The van der Waals surface area contributed by atoms with E-state index in [0.29, 0.717) is 17.9 Å². The van der Waals surface area contributed by atoms with Gasteiger partial charge in [0.1, 0.15) is 28.9 Å². The smallest absolute Gasteiger partial charge is 0.347 e. The summed E-state index contributed by atoms with van der Waals surface area (Å²) >= 11 is 0. The Labute approximate surface area is 218 Å². The van der Waals surface area contributed by atoms with E-state index in [2.05, 4.69) is 19.9 Å². The summed E-state index contributed by atoms with van der Waals surface area (Å²) in [6.07, 6.45) is 7.39. The van der Waals surface area contributed by atoms with Crippen LogP contribution in [0.4, 0.5) is 0 Å². The van der Waals surface area contributed by atoms with E-state index in [4.69, 9.17) is 14.2 Å². The minimum absolute atomic E-state index is 0.0758. The number of para-hydroxylation sites is 1. The first-order chi connectivity index (χ1) is 18.0. The third-order valence-electron chi connectivity index (χ3n) is 5.85. The van der Waals surface area contributed by atoms with E-state index in [0.717, 1.165) is 37.7 Å². The van der Waals surface area contributed by atoms with Crippen molar-refractivity contribution in [3.63, 3.8) is 0 Å². The lowest BCUT2D eigenvalue weighted by atomic mass is 10.1. The van der Waals surface area contributed by atoms with Crippen molar-refractivity contribution < 1.29 is 23.8 Å². The van der Waals surface area contributed by atoms with Crippen molar-refractivity contribution >= 4 is 11.9 Å². The summed E-state index contributed by atoms with van der Waals surface area (Å²) in [5, 5.41) is 9.53. The van der Waals surface area contributed by atoms with Crippen molar-refractivity contribution in [2.45, 2.75) is 58.8 Å². The van der Waals surface area contributed by atoms with E-state index in [1.165, 1.54) is 25.0 Å². The summed E-state index contributed by atoms with van der Waals surface area (Å²) in [6, 6.07) is 20.4. The molecule has 37 heavy (non-hydrogen) atoms. The highest BCUT2D eigenvalue weighted by atomic mass is 16.6. The molecule has 0 atom stereocenters. The standard InChI is InChI=1S/C31H33NO5/c1-3-5-7-10-20-35-26-17-15-24(16-18-26)30(33)37-29-13-9-8-12-27(29)31(34)36-28-19-14-23(11-6-4-2)21-25(28)22-32/h8-9,12-19,21H,3-7,10-11,20H2,1-2H3. The van der Waals surface area contributed by atoms with Gasteiger partial charge < -0.3 is 14.2 Å². The summed E-state index contributed by atoms with van der Waals surface area (Å²) in [5.41, 5.74) is 1.71. The fourth-order valence-corrected chi connectivity index (χ4v) is 3.73.